The van der Waals surface area contributed by atoms with Crippen LogP contribution in [0.2, 0.25) is 0 Å². The number of nitrogens with zero attached hydrogens (tertiary/aromatic N) is 1. The normalized spacial score (nSPS) is 45.4. The number of esters is 1. The van der Waals surface area contributed by atoms with Crippen molar-refractivity contribution in [3.8, 4) is 0 Å². The number of carbonyl (C=O) groups excluding carboxylic acids is 3. The lowest BCUT2D eigenvalue weighted by atomic mass is 9.46. The molecule has 0 aromatic heterocycles. The molecule has 7 unspecified atom stereocenters. The Hall–Kier alpha value is -1.98. The summed E-state index contributed by atoms with van der Waals surface area (Å²) >= 11 is 0. The molecule has 1 aliphatic heterocycles. The van der Waals surface area contributed by atoms with Gasteiger partial charge in [-0.25, -0.2) is 4.99 Å². The molecule has 0 amide bonds. The summed E-state index contributed by atoms with van der Waals surface area (Å²) in [5, 5.41) is 0. The summed E-state index contributed by atoms with van der Waals surface area (Å²) in [6.45, 7) is 7.50. The number of rotatable bonds is 3. The molecule has 3 saturated carbocycles. The second-order valence-corrected chi connectivity index (χ2v) is 10.9. The van der Waals surface area contributed by atoms with Crippen LogP contribution in [0, 0.1) is 28.6 Å². The number of ketones is 2. The molecule has 6 heteroatoms. The molecule has 1 heterocycles. The van der Waals surface area contributed by atoms with Crippen LogP contribution in [0.15, 0.2) is 16.6 Å². The molecular formula is C25H33NO5. The third-order valence-electron chi connectivity index (χ3n) is 9.63. The number of allylic oxidation sites excluding steroid dienone is 1. The number of aliphatic imine (C=N–C) groups is 1. The minimum absolute atomic E-state index is 0.0881. The van der Waals surface area contributed by atoms with Gasteiger partial charge in [-0.15, -0.1) is 0 Å². The molecule has 0 N–H and O–H groups in total. The van der Waals surface area contributed by atoms with E-state index in [1.807, 2.05) is 13.0 Å². The highest BCUT2D eigenvalue weighted by molar-refractivity contribution is 5.97. The maximum absolute atomic E-state index is 13.5. The minimum Gasteiger partial charge on any atom is -0.475 e. The van der Waals surface area contributed by atoms with E-state index in [0.29, 0.717) is 30.1 Å². The predicted molar refractivity (Wildman–Crippen MR) is 114 cm³/mol. The van der Waals surface area contributed by atoms with E-state index in [-0.39, 0.29) is 35.1 Å². The Morgan fingerprint density at radius 3 is 2.71 bits per heavy atom. The molecule has 0 aromatic rings. The van der Waals surface area contributed by atoms with Gasteiger partial charge in [0, 0.05) is 25.7 Å². The minimum atomic E-state index is -0.957. The lowest BCUT2D eigenvalue weighted by Crippen LogP contribution is -2.59. The average Bonchev–Trinajstić information content (AvgIpc) is 3.17. The predicted octanol–water partition coefficient (Wildman–Crippen LogP) is 3.82. The molecule has 0 saturated heterocycles. The van der Waals surface area contributed by atoms with Crippen molar-refractivity contribution in [3.63, 3.8) is 0 Å². The van der Waals surface area contributed by atoms with Crippen LogP contribution in [0.25, 0.3) is 0 Å². The van der Waals surface area contributed by atoms with Crippen LogP contribution in [-0.2, 0) is 23.9 Å². The standard InChI is InChI=1S/C25H33NO5/c1-14-26-25(21(29)13-30-15(2)27)22(31-14)12-20-18-6-5-16-11-17(28)7-9-23(16,3)19(18)8-10-24(20,25)4/h11,18-20,22H,5-10,12-13H2,1-4H3. The summed E-state index contributed by atoms with van der Waals surface area (Å²) in [6.07, 6.45) is 8.02. The highest BCUT2D eigenvalue weighted by Crippen LogP contribution is 2.69. The second kappa shape index (κ2) is 6.76. The Bertz CT molecular complexity index is 921. The van der Waals surface area contributed by atoms with Gasteiger partial charge in [0.25, 0.3) is 0 Å². The molecule has 168 valence electrons. The molecule has 5 rings (SSSR count). The van der Waals surface area contributed by atoms with E-state index in [1.54, 1.807) is 0 Å². The third-order valence-corrected chi connectivity index (χ3v) is 9.63. The van der Waals surface area contributed by atoms with Crippen LogP contribution < -0.4 is 0 Å². The molecule has 3 fully saturated rings. The fourth-order valence-corrected chi connectivity index (χ4v) is 8.21. The molecule has 5 aliphatic rings. The Morgan fingerprint density at radius 1 is 1.19 bits per heavy atom. The second-order valence-electron chi connectivity index (χ2n) is 10.9. The molecule has 31 heavy (non-hydrogen) atoms. The Labute approximate surface area is 183 Å². The van der Waals surface area contributed by atoms with Crippen molar-refractivity contribution < 1.29 is 23.9 Å². The molecule has 4 aliphatic carbocycles. The van der Waals surface area contributed by atoms with Gasteiger partial charge >= 0.3 is 5.97 Å². The lowest BCUT2D eigenvalue weighted by Gasteiger charge is -2.58. The van der Waals surface area contributed by atoms with Crippen molar-refractivity contribution in [2.75, 3.05) is 6.61 Å². The van der Waals surface area contributed by atoms with Crippen LogP contribution in [0.4, 0.5) is 0 Å². The number of hydrogen-bond acceptors (Lipinski definition) is 6. The molecule has 6 nitrogen and oxygen atoms in total. The summed E-state index contributed by atoms with van der Waals surface area (Å²) in [7, 11) is 0. The monoisotopic (exact) mass is 427 g/mol. The summed E-state index contributed by atoms with van der Waals surface area (Å²) in [5.74, 6) is 1.63. The molecule has 0 bridgehead atoms. The van der Waals surface area contributed by atoms with Crippen molar-refractivity contribution in [3.05, 3.63) is 11.6 Å². The van der Waals surface area contributed by atoms with Crippen molar-refractivity contribution in [2.45, 2.75) is 84.3 Å². The van der Waals surface area contributed by atoms with Gasteiger partial charge in [-0.05, 0) is 67.8 Å². The lowest BCUT2D eigenvalue weighted by molar-refractivity contribution is -0.151. The SMILES string of the molecule is CC(=O)OCC(=O)C12N=C(C)OC1CC1C3CCC4=CC(=O)CCC4(C)C3CCC12C. The first kappa shape index (κ1) is 20.9. The summed E-state index contributed by atoms with van der Waals surface area (Å²) in [5.41, 5.74) is 0.167. The van der Waals surface area contributed by atoms with Crippen molar-refractivity contribution in [1.29, 1.82) is 0 Å². The highest BCUT2D eigenvalue weighted by atomic mass is 16.5. The first-order valence-corrected chi connectivity index (χ1v) is 11.8. The van der Waals surface area contributed by atoms with Crippen molar-refractivity contribution in [2.24, 2.45) is 33.6 Å². The van der Waals surface area contributed by atoms with E-state index < -0.39 is 11.5 Å². The smallest absolute Gasteiger partial charge is 0.303 e. The fraction of sp³-hybridized carbons (Fsp3) is 0.760. The number of fused-ring (bicyclic) bond motifs is 7. The molecular weight excluding hydrogens is 394 g/mol. The zero-order valence-electron chi connectivity index (χ0n) is 19.0. The molecule has 0 aromatic carbocycles. The number of Topliss-reactive ketones (excluding diaryl/α,β-unsaturated/α-hetero) is 1. The van der Waals surface area contributed by atoms with E-state index in [4.69, 9.17) is 14.5 Å². The Balaban J connectivity index is 1.51. The number of hydrogen-bond donors (Lipinski definition) is 0. The molecule has 7 atom stereocenters. The van der Waals surface area contributed by atoms with E-state index in [0.717, 1.165) is 38.5 Å². The van der Waals surface area contributed by atoms with Gasteiger partial charge in [-0.3, -0.25) is 14.4 Å². The maximum atomic E-state index is 13.5. The first-order valence-electron chi connectivity index (χ1n) is 11.8. The average molecular weight is 428 g/mol. The fourth-order valence-electron chi connectivity index (χ4n) is 8.21. The van der Waals surface area contributed by atoms with Crippen LogP contribution in [0.1, 0.15) is 72.6 Å². The number of carbonyl (C=O) groups is 3. The summed E-state index contributed by atoms with van der Waals surface area (Å²) < 4.78 is 11.3. The Morgan fingerprint density at radius 2 is 1.97 bits per heavy atom. The molecule has 0 spiro atoms. The Kier molecular flexibility index (Phi) is 4.56. The van der Waals surface area contributed by atoms with Gasteiger partial charge in [-0.1, -0.05) is 19.4 Å². The van der Waals surface area contributed by atoms with Gasteiger partial charge in [0.1, 0.15) is 6.10 Å². The van der Waals surface area contributed by atoms with Crippen LogP contribution in [0.5, 0.6) is 0 Å². The summed E-state index contributed by atoms with van der Waals surface area (Å²) in [6, 6.07) is 0. The largest absolute Gasteiger partial charge is 0.475 e. The van der Waals surface area contributed by atoms with Gasteiger partial charge in [0.15, 0.2) is 23.8 Å². The van der Waals surface area contributed by atoms with E-state index in [2.05, 4.69) is 13.8 Å². The maximum Gasteiger partial charge on any atom is 0.303 e. The van der Waals surface area contributed by atoms with E-state index >= 15 is 0 Å². The summed E-state index contributed by atoms with van der Waals surface area (Å²) in [4.78, 5) is 41.8. The van der Waals surface area contributed by atoms with Gasteiger partial charge < -0.3 is 9.47 Å². The quantitative estimate of drug-likeness (QED) is 0.640. The van der Waals surface area contributed by atoms with Gasteiger partial charge in [-0.2, -0.15) is 0 Å². The third kappa shape index (κ3) is 2.69. The van der Waals surface area contributed by atoms with Gasteiger partial charge in [0.05, 0.1) is 0 Å². The van der Waals surface area contributed by atoms with Crippen LogP contribution in [0.3, 0.4) is 0 Å². The van der Waals surface area contributed by atoms with Crippen LogP contribution in [-0.4, -0.2) is 41.7 Å². The topological polar surface area (TPSA) is 82.0 Å². The zero-order chi connectivity index (χ0) is 22.2. The van der Waals surface area contributed by atoms with Crippen molar-refractivity contribution in [1.82, 2.24) is 0 Å². The zero-order valence-corrected chi connectivity index (χ0v) is 19.0. The first-order chi connectivity index (χ1) is 14.6. The van der Waals surface area contributed by atoms with Crippen LogP contribution >= 0.6 is 0 Å². The van der Waals surface area contributed by atoms with Gasteiger partial charge in [0.2, 0.25) is 5.78 Å². The van der Waals surface area contributed by atoms with E-state index in [9.17, 15) is 14.4 Å². The molecule has 0 radical (unpaired) electrons. The van der Waals surface area contributed by atoms with Crippen molar-refractivity contribution >= 4 is 23.4 Å². The van der Waals surface area contributed by atoms with E-state index in [1.165, 1.54) is 12.5 Å². The number of ether oxygens (including phenoxy) is 2. The highest BCUT2D eigenvalue weighted by Gasteiger charge is 2.73.